The Kier molecular flexibility index (Phi) is 2.21. The van der Waals surface area contributed by atoms with Gasteiger partial charge in [-0.25, -0.2) is 0 Å². The lowest BCUT2D eigenvalue weighted by molar-refractivity contribution is -0.0981. The first-order valence-corrected chi connectivity index (χ1v) is 4.07. The molecule has 3 heteroatoms. The van der Waals surface area contributed by atoms with Crippen LogP contribution < -0.4 is 5.73 Å². The fourth-order valence-corrected chi connectivity index (χ4v) is 1.99. The van der Waals surface area contributed by atoms with Crippen molar-refractivity contribution >= 4 is 12.4 Å². The van der Waals surface area contributed by atoms with E-state index in [9.17, 15) is 0 Å². The SMILES string of the molecule is COC1(C2(N)CC2)CCC1.Cl. The number of halogens is 1. The molecule has 2 N–H and O–H groups in total. The predicted octanol–water partition coefficient (Wildman–Crippen LogP) is 1.47. The smallest absolute Gasteiger partial charge is 0.0857 e. The van der Waals surface area contributed by atoms with Crippen LogP contribution in [0.25, 0.3) is 0 Å². The van der Waals surface area contributed by atoms with E-state index in [1.165, 1.54) is 32.1 Å². The second kappa shape index (κ2) is 2.61. The summed E-state index contributed by atoms with van der Waals surface area (Å²) in [7, 11) is 1.80. The Morgan fingerprint density at radius 1 is 1.18 bits per heavy atom. The minimum atomic E-state index is 0. The number of methoxy groups -OCH3 is 1. The van der Waals surface area contributed by atoms with Gasteiger partial charge in [0.25, 0.3) is 0 Å². The molecular weight excluding hydrogens is 162 g/mol. The highest BCUT2D eigenvalue weighted by atomic mass is 35.5. The number of hydrogen-bond donors (Lipinski definition) is 1. The average Bonchev–Trinajstić information content (AvgIpc) is 2.47. The molecule has 2 aliphatic carbocycles. The molecule has 2 aliphatic rings. The highest BCUT2D eigenvalue weighted by molar-refractivity contribution is 5.85. The first-order valence-electron chi connectivity index (χ1n) is 4.07. The van der Waals surface area contributed by atoms with E-state index in [-0.39, 0.29) is 23.5 Å². The molecule has 0 bridgehead atoms. The summed E-state index contributed by atoms with van der Waals surface area (Å²) >= 11 is 0. The molecule has 0 heterocycles. The standard InChI is InChI=1S/C8H15NO.ClH/c1-10-8(3-2-4-8)7(9)5-6-7;/h2-6,9H2,1H3;1H. The van der Waals surface area contributed by atoms with Gasteiger partial charge in [-0.1, -0.05) is 0 Å². The normalized spacial score (nSPS) is 30.0. The van der Waals surface area contributed by atoms with Gasteiger partial charge in [-0.3, -0.25) is 0 Å². The van der Waals surface area contributed by atoms with Crippen molar-refractivity contribution in [2.75, 3.05) is 7.11 Å². The molecule has 2 fully saturated rings. The highest BCUT2D eigenvalue weighted by Crippen LogP contribution is 2.53. The Hall–Kier alpha value is 0.210. The first-order chi connectivity index (χ1) is 4.72. The third kappa shape index (κ3) is 1.08. The fourth-order valence-electron chi connectivity index (χ4n) is 1.99. The molecular formula is C8H16ClNO. The van der Waals surface area contributed by atoms with Crippen LogP contribution in [0.15, 0.2) is 0 Å². The van der Waals surface area contributed by atoms with Gasteiger partial charge < -0.3 is 10.5 Å². The Bertz CT molecular complexity index is 147. The molecule has 66 valence electrons. The molecule has 2 rings (SSSR count). The summed E-state index contributed by atoms with van der Waals surface area (Å²) in [5.41, 5.74) is 6.23. The highest BCUT2D eigenvalue weighted by Gasteiger charge is 2.59. The van der Waals surface area contributed by atoms with E-state index >= 15 is 0 Å². The zero-order valence-corrected chi connectivity index (χ0v) is 7.75. The van der Waals surface area contributed by atoms with Crippen molar-refractivity contribution in [2.45, 2.75) is 43.2 Å². The van der Waals surface area contributed by atoms with E-state index < -0.39 is 0 Å². The molecule has 0 radical (unpaired) electrons. The minimum Gasteiger partial charge on any atom is -0.376 e. The summed E-state index contributed by atoms with van der Waals surface area (Å²) < 4.78 is 5.48. The van der Waals surface area contributed by atoms with Crippen LogP contribution in [0.4, 0.5) is 0 Å². The summed E-state index contributed by atoms with van der Waals surface area (Å²) in [5, 5.41) is 0. The van der Waals surface area contributed by atoms with Crippen LogP contribution in [0, 0.1) is 0 Å². The Balaban J connectivity index is 0.000000605. The lowest BCUT2D eigenvalue weighted by atomic mass is 9.73. The topological polar surface area (TPSA) is 35.2 Å². The molecule has 0 aromatic heterocycles. The van der Waals surface area contributed by atoms with Gasteiger partial charge in [0.15, 0.2) is 0 Å². The molecule has 0 spiro atoms. The van der Waals surface area contributed by atoms with E-state index in [1.54, 1.807) is 7.11 Å². The molecule has 0 aromatic rings. The van der Waals surface area contributed by atoms with Crippen LogP contribution in [0.1, 0.15) is 32.1 Å². The largest absolute Gasteiger partial charge is 0.376 e. The molecule has 0 atom stereocenters. The van der Waals surface area contributed by atoms with Crippen molar-refractivity contribution in [3.8, 4) is 0 Å². The van der Waals surface area contributed by atoms with Gasteiger partial charge in [0.2, 0.25) is 0 Å². The Labute approximate surface area is 73.9 Å². The van der Waals surface area contributed by atoms with Gasteiger partial charge in [0, 0.05) is 12.6 Å². The molecule has 0 aliphatic heterocycles. The lowest BCUT2D eigenvalue weighted by Crippen LogP contribution is -2.56. The third-order valence-corrected chi connectivity index (χ3v) is 3.25. The third-order valence-electron chi connectivity index (χ3n) is 3.25. The fraction of sp³-hybridized carbons (Fsp3) is 1.00. The van der Waals surface area contributed by atoms with Crippen LogP contribution in [0.2, 0.25) is 0 Å². The molecule has 0 amide bonds. The zero-order valence-electron chi connectivity index (χ0n) is 6.93. The summed E-state index contributed by atoms with van der Waals surface area (Å²) in [5.74, 6) is 0. The quantitative estimate of drug-likeness (QED) is 0.694. The van der Waals surface area contributed by atoms with Crippen molar-refractivity contribution in [2.24, 2.45) is 5.73 Å². The average molecular weight is 178 g/mol. The molecule has 0 unspecified atom stereocenters. The van der Waals surface area contributed by atoms with Gasteiger partial charge in [-0.05, 0) is 32.1 Å². The molecule has 0 aromatic carbocycles. The van der Waals surface area contributed by atoms with Crippen molar-refractivity contribution in [1.29, 1.82) is 0 Å². The minimum absolute atomic E-state index is 0. The van der Waals surface area contributed by atoms with Crippen molar-refractivity contribution in [1.82, 2.24) is 0 Å². The zero-order chi connectivity index (χ0) is 7.24. The first kappa shape index (κ1) is 9.30. The van der Waals surface area contributed by atoms with Crippen molar-refractivity contribution < 1.29 is 4.74 Å². The van der Waals surface area contributed by atoms with Crippen LogP contribution in [0.3, 0.4) is 0 Å². The number of hydrogen-bond acceptors (Lipinski definition) is 2. The maximum Gasteiger partial charge on any atom is 0.0857 e. The van der Waals surface area contributed by atoms with Crippen molar-refractivity contribution in [3.05, 3.63) is 0 Å². The Morgan fingerprint density at radius 2 is 1.73 bits per heavy atom. The summed E-state index contributed by atoms with van der Waals surface area (Å²) in [6.07, 6.45) is 5.99. The van der Waals surface area contributed by atoms with Crippen LogP contribution in [-0.4, -0.2) is 18.2 Å². The van der Waals surface area contributed by atoms with Gasteiger partial charge in [0.1, 0.15) is 0 Å². The molecule has 0 saturated heterocycles. The van der Waals surface area contributed by atoms with E-state index in [0.717, 1.165) is 0 Å². The number of rotatable bonds is 2. The molecule has 2 nitrogen and oxygen atoms in total. The summed E-state index contributed by atoms with van der Waals surface area (Å²) in [4.78, 5) is 0. The van der Waals surface area contributed by atoms with E-state index in [0.29, 0.717) is 0 Å². The van der Waals surface area contributed by atoms with Crippen molar-refractivity contribution in [3.63, 3.8) is 0 Å². The predicted molar refractivity (Wildman–Crippen MR) is 47.0 cm³/mol. The van der Waals surface area contributed by atoms with E-state index in [2.05, 4.69) is 0 Å². The molecule has 11 heavy (non-hydrogen) atoms. The maximum absolute atomic E-state index is 6.07. The summed E-state index contributed by atoms with van der Waals surface area (Å²) in [6.45, 7) is 0. The van der Waals surface area contributed by atoms with Crippen LogP contribution in [0.5, 0.6) is 0 Å². The van der Waals surface area contributed by atoms with Gasteiger partial charge in [-0.15, -0.1) is 12.4 Å². The lowest BCUT2D eigenvalue weighted by Gasteiger charge is -2.45. The monoisotopic (exact) mass is 177 g/mol. The Morgan fingerprint density at radius 3 is 1.82 bits per heavy atom. The van der Waals surface area contributed by atoms with Crippen LogP contribution >= 0.6 is 12.4 Å². The second-order valence-corrected chi connectivity index (χ2v) is 3.71. The van der Waals surface area contributed by atoms with E-state index in [1.807, 2.05) is 0 Å². The number of nitrogens with two attached hydrogens (primary N) is 1. The van der Waals surface area contributed by atoms with Crippen LogP contribution in [-0.2, 0) is 4.74 Å². The van der Waals surface area contributed by atoms with Gasteiger partial charge >= 0.3 is 0 Å². The maximum atomic E-state index is 6.07. The van der Waals surface area contributed by atoms with Gasteiger partial charge in [-0.2, -0.15) is 0 Å². The summed E-state index contributed by atoms with van der Waals surface area (Å²) in [6, 6.07) is 0. The number of ether oxygens (including phenoxy) is 1. The molecule has 2 saturated carbocycles. The second-order valence-electron chi connectivity index (χ2n) is 3.71. The van der Waals surface area contributed by atoms with E-state index in [4.69, 9.17) is 10.5 Å². The van der Waals surface area contributed by atoms with Gasteiger partial charge in [0.05, 0.1) is 5.60 Å².